The van der Waals surface area contributed by atoms with Gasteiger partial charge in [-0.15, -0.1) is 11.3 Å². The second kappa shape index (κ2) is 7.00. The van der Waals surface area contributed by atoms with E-state index in [4.69, 9.17) is 0 Å². The van der Waals surface area contributed by atoms with Crippen LogP contribution in [0.2, 0.25) is 0 Å². The molecule has 1 fully saturated rings. The molecule has 0 aliphatic carbocycles. The smallest absolute Gasteiger partial charge is 0.274 e. The molecule has 3 aromatic heterocycles. The Morgan fingerprint density at radius 3 is 2.89 bits per heavy atom. The molecule has 4 heterocycles. The molecule has 1 saturated heterocycles. The van der Waals surface area contributed by atoms with Gasteiger partial charge in [0.1, 0.15) is 11.3 Å². The number of carbonyl (C=O) groups is 1. The van der Waals surface area contributed by atoms with Crippen molar-refractivity contribution in [3.05, 3.63) is 59.5 Å². The number of nitrogens with zero attached hydrogens (tertiary/aromatic N) is 4. The van der Waals surface area contributed by atoms with Crippen molar-refractivity contribution in [2.24, 2.45) is 0 Å². The lowest BCUT2D eigenvalue weighted by atomic mass is 9.91. The van der Waals surface area contributed by atoms with Crippen molar-refractivity contribution in [3.8, 4) is 0 Å². The Hall–Kier alpha value is -2.77. The summed E-state index contributed by atoms with van der Waals surface area (Å²) < 4.78 is 2.90. The molecule has 0 saturated carbocycles. The Morgan fingerprint density at radius 2 is 2.04 bits per heavy atom. The first-order valence-corrected chi connectivity index (χ1v) is 10.4. The number of pyridine rings is 1. The van der Waals surface area contributed by atoms with Crippen molar-refractivity contribution in [3.63, 3.8) is 0 Å². The number of piperidine rings is 1. The minimum Gasteiger partial charge on any atom is -0.319 e. The van der Waals surface area contributed by atoms with Crippen LogP contribution in [0.1, 0.15) is 34.8 Å². The molecule has 0 spiro atoms. The molecular weight excluding hydrogens is 370 g/mol. The molecule has 1 aliphatic rings. The van der Waals surface area contributed by atoms with Crippen LogP contribution in [0.3, 0.4) is 0 Å². The Morgan fingerprint density at radius 1 is 1.18 bits per heavy atom. The van der Waals surface area contributed by atoms with Crippen molar-refractivity contribution in [1.82, 2.24) is 19.3 Å². The number of thiazole rings is 1. The van der Waals surface area contributed by atoms with E-state index in [9.17, 15) is 4.79 Å². The molecule has 0 radical (unpaired) electrons. The van der Waals surface area contributed by atoms with Crippen LogP contribution >= 0.6 is 11.3 Å². The van der Waals surface area contributed by atoms with E-state index in [1.807, 2.05) is 28.7 Å². The Bertz CT molecular complexity index is 1160. The Labute approximate surface area is 166 Å². The monoisotopic (exact) mass is 391 g/mol. The van der Waals surface area contributed by atoms with Gasteiger partial charge >= 0.3 is 0 Å². The first kappa shape index (κ1) is 17.3. The number of hydrogen-bond donors (Lipinski definition) is 1. The maximum absolute atomic E-state index is 13.0. The average Bonchev–Trinajstić information content (AvgIpc) is 3.35. The Balaban J connectivity index is 1.46. The number of fused-ring (bicyclic) bond motifs is 2. The molecule has 28 heavy (non-hydrogen) atoms. The maximum Gasteiger partial charge on any atom is 0.274 e. The van der Waals surface area contributed by atoms with Crippen LogP contribution in [0, 0.1) is 0 Å². The van der Waals surface area contributed by atoms with E-state index < -0.39 is 0 Å². The predicted molar refractivity (Wildman–Crippen MR) is 112 cm³/mol. The minimum atomic E-state index is -0.158. The van der Waals surface area contributed by atoms with E-state index in [-0.39, 0.29) is 5.91 Å². The zero-order valence-corrected chi connectivity index (χ0v) is 16.4. The maximum atomic E-state index is 13.0. The number of hydrogen-bond acceptors (Lipinski definition) is 5. The van der Waals surface area contributed by atoms with Gasteiger partial charge in [0.25, 0.3) is 5.91 Å². The van der Waals surface area contributed by atoms with E-state index in [0.29, 0.717) is 11.6 Å². The van der Waals surface area contributed by atoms with Crippen molar-refractivity contribution < 1.29 is 4.79 Å². The van der Waals surface area contributed by atoms with Gasteiger partial charge in [-0.3, -0.25) is 9.20 Å². The summed E-state index contributed by atoms with van der Waals surface area (Å²) in [7, 11) is 2.17. The summed E-state index contributed by atoms with van der Waals surface area (Å²) >= 11 is 1.53. The first-order valence-electron chi connectivity index (χ1n) is 9.48. The third kappa shape index (κ3) is 3.06. The lowest BCUT2D eigenvalue weighted by Gasteiger charge is -2.29. The second-order valence-corrected chi connectivity index (χ2v) is 8.23. The number of anilines is 1. The van der Waals surface area contributed by atoms with Gasteiger partial charge in [-0.2, -0.15) is 0 Å². The zero-order chi connectivity index (χ0) is 19.1. The van der Waals surface area contributed by atoms with E-state index in [1.165, 1.54) is 16.9 Å². The molecule has 7 heteroatoms. The Kier molecular flexibility index (Phi) is 4.33. The highest BCUT2D eigenvalue weighted by atomic mass is 32.1. The average molecular weight is 392 g/mol. The van der Waals surface area contributed by atoms with Gasteiger partial charge in [-0.1, -0.05) is 12.1 Å². The van der Waals surface area contributed by atoms with E-state index in [2.05, 4.69) is 39.5 Å². The third-order valence-corrected chi connectivity index (χ3v) is 6.43. The number of imidazole rings is 1. The summed E-state index contributed by atoms with van der Waals surface area (Å²) in [6.07, 6.45) is 6.02. The summed E-state index contributed by atoms with van der Waals surface area (Å²) in [4.78, 5) is 24.1. The number of benzene rings is 1. The molecule has 5 rings (SSSR count). The van der Waals surface area contributed by atoms with Gasteiger partial charge in [0.2, 0.25) is 0 Å². The van der Waals surface area contributed by atoms with E-state index in [1.54, 1.807) is 11.7 Å². The van der Waals surface area contributed by atoms with Gasteiger partial charge in [0.05, 0.1) is 27.6 Å². The fourth-order valence-electron chi connectivity index (χ4n) is 3.92. The number of carbonyl (C=O) groups excluding carboxylic acids is 1. The van der Waals surface area contributed by atoms with Crippen LogP contribution in [0.5, 0.6) is 0 Å². The topological polar surface area (TPSA) is 62.5 Å². The van der Waals surface area contributed by atoms with Crippen LogP contribution in [-0.4, -0.2) is 45.3 Å². The molecule has 4 aromatic rings. The van der Waals surface area contributed by atoms with E-state index >= 15 is 0 Å². The number of amides is 1. The summed E-state index contributed by atoms with van der Waals surface area (Å²) in [5, 5.41) is 3.03. The number of nitrogens with one attached hydrogen (secondary N) is 1. The first-order chi connectivity index (χ1) is 13.7. The summed E-state index contributed by atoms with van der Waals surface area (Å²) in [5.41, 5.74) is 6.08. The van der Waals surface area contributed by atoms with Crippen LogP contribution in [-0.2, 0) is 0 Å². The second-order valence-electron chi connectivity index (χ2n) is 7.37. The number of aromatic nitrogens is 3. The molecular formula is C21H21N5OS. The lowest BCUT2D eigenvalue weighted by molar-refractivity contribution is 0.102. The molecule has 0 atom stereocenters. The van der Waals surface area contributed by atoms with Gasteiger partial charge in [-0.05, 0) is 62.7 Å². The third-order valence-electron chi connectivity index (χ3n) is 5.56. The van der Waals surface area contributed by atoms with Gasteiger partial charge in [-0.25, -0.2) is 9.97 Å². The highest BCUT2D eigenvalue weighted by Gasteiger charge is 2.20. The molecule has 1 aromatic carbocycles. The quantitative estimate of drug-likeness (QED) is 0.573. The van der Waals surface area contributed by atoms with Crippen molar-refractivity contribution in [2.45, 2.75) is 18.8 Å². The van der Waals surface area contributed by atoms with Crippen molar-refractivity contribution >= 4 is 38.8 Å². The molecule has 1 aliphatic heterocycles. The SMILES string of the molecule is CN1CCC(c2ccc3ncc(C(=O)Nc4cccc5ncsc45)n3c2)CC1. The zero-order valence-electron chi connectivity index (χ0n) is 15.6. The van der Waals surface area contributed by atoms with Crippen LogP contribution in [0.25, 0.3) is 15.9 Å². The molecule has 6 nitrogen and oxygen atoms in total. The van der Waals surface area contributed by atoms with Gasteiger partial charge in [0, 0.05) is 6.20 Å². The normalized spacial score (nSPS) is 16.0. The fourth-order valence-corrected chi connectivity index (χ4v) is 4.68. The van der Waals surface area contributed by atoms with Gasteiger partial charge < -0.3 is 10.2 Å². The van der Waals surface area contributed by atoms with Crippen LogP contribution < -0.4 is 5.32 Å². The van der Waals surface area contributed by atoms with Crippen LogP contribution in [0.4, 0.5) is 5.69 Å². The summed E-state index contributed by atoms with van der Waals surface area (Å²) in [6, 6.07) is 9.92. The standard InChI is InChI=1S/C21H21N5OS/c1-25-9-7-14(8-10-25)15-5-6-19-22-11-18(26(19)12-15)21(27)24-17-4-2-3-16-20(17)28-13-23-16/h2-6,11-14H,7-10H2,1H3,(H,24,27). The van der Waals surface area contributed by atoms with Gasteiger partial charge in [0.15, 0.2) is 0 Å². The fraction of sp³-hybridized carbons (Fsp3) is 0.286. The molecule has 1 amide bonds. The molecule has 1 N–H and O–H groups in total. The number of likely N-dealkylation sites (tertiary alicyclic amines) is 1. The summed E-state index contributed by atoms with van der Waals surface area (Å²) in [5.74, 6) is 0.374. The highest BCUT2D eigenvalue weighted by Crippen LogP contribution is 2.29. The molecule has 142 valence electrons. The predicted octanol–water partition coefficient (Wildman–Crippen LogP) is 4.01. The lowest BCUT2D eigenvalue weighted by Crippen LogP contribution is -2.29. The number of rotatable bonds is 3. The molecule has 0 unspecified atom stereocenters. The van der Waals surface area contributed by atoms with Crippen molar-refractivity contribution in [1.29, 1.82) is 0 Å². The van der Waals surface area contributed by atoms with E-state index in [0.717, 1.165) is 47.5 Å². The largest absolute Gasteiger partial charge is 0.319 e. The minimum absolute atomic E-state index is 0.158. The van der Waals surface area contributed by atoms with Crippen molar-refractivity contribution in [2.75, 3.05) is 25.5 Å². The molecule has 0 bridgehead atoms. The summed E-state index contributed by atoms with van der Waals surface area (Å²) in [6.45, 7) is 2.22. The van der Waals surface area contributed by atoms with Crippen LogP contribution in [0.15, 0.2) is 48.2 Å². The highest BCUT2D eigenvalue weighted by molar-refractivity contribution is 7.17.